The summed E-state index contributed by atoms with van der Waals surface area (Å²) in [5.41, 5.74) is 1.24. The normalized spacial score (nSPS) is 11.2. The van der Waals surface area contributed by atoms with Gasteiger partial charge in [-0.15, -0.1) is 10.2 Å². The zero-order valence-corrected chi connectivity index (χ0v) is 16.8. The summed E-state index contributed by atoms with van der Waals surface area (Å²) in [6.07, 6.45) is 0. The molecule has 6 nitrogen and oxygen atoms in total. The fourth-order valence-electron chi connectivity index (χ4n) is 2.60. The largest absolute Gasteiger partial charge is 0.461 e. The van der Waals surface area contributed by atoms with Gasteiger partial charge < -0.3 is 9.47 Å². The summed E-state index contributed by atoms with van der Waals surface area (Å²) in [6, 6.07) is 13.3. The lowest BCUT2D eigenvalue weighted by atomic mass is 9.87. The average molecular weight is 395 g/mol. The van der Waals surface area contributed by atoms with Crippen LogP contribution in [0.1, 0.15) is 43.7 Å². The minimum absolute atomic E-state index is 0.0521. The molecular weight excluding hydrogens is 373 g/mol. The van der Waals surface area contributed by atoms with Gasteiger partial charge >= 0.3 is 5.97 Å². The second-order valence-electron chi connectivity index (χ2n) is 7.40. The molecule has 29 heavy (non-hydrogen) atoms. The molecule has 0 aliphatic heterocycles. The van der Waals surface area contributed by atoms with E-state index in [0.717, 1.165) is 5.56 Å². The van der Waals surface area contributed by atoms with Crippen molar-refractivity contribution < 1.29 is 18.7 Å². The minimum Gasteiger partial charge on any atom is -0.461 e. The van der Waals surface area contributed by atoms with Crippen LogP contribution in [0.2, 0.25) is 0 Å². The predicted molar refractivity (Wildman–Crippen MR) is 106 cm³/mol. The summed E-state index contributed by atoms with van der Waals surface area (Å²) >= 11 is 0. The van der Waals surface area contributed by atoms with Gasteiger partial charge in [0.15, 0.2) is 5.82 Å². The van der Waals surface area contributed by atoms with Crippen molar-refractivity contribution in [2.24, 2.45) is 0 Å². The third-order valence-corrected chi connectivity index (χ3v) is 4.12. The quantitative estimate of drug-likeness (QED) is 0.570. The van der Waals surface area contributed by atoms with Crippen molar-refractivity contribution in [1.29, 1.82) is 0 Å². The van der Waals surface area contributed by atoms with E-state index in [-0.39, 0.29) is 29.4 Å². The second kappa shape index (κ2) is 8.34. The van der Waals surface area contributed by atoms with E-state index in [4.69, 9.17) is 9.47 Å². The molecule has 0 N–H and O–H groups in total. The summed E-state index contributed by atoms with van der Waals surface area (Å²) in [4.78, 5) is 16.6. The van der Waals surface area contributed by atoms with Gasteiger partial charge in [0.1, 0.15) is 11.6 Å². The number of hydrogen-bond donors (Lipinski definition) is 0. The van der Waals surface area contributed by atoms with Gasteiger partial charge in [0, 0.05) is 5.56 Å². The van der Waals surface area contributed by atoms with Crippen molar-refractivity contribution in [2.75, 3.05) is 6.61 Å². The Hall–Kier alpha value is -3.35. The van der Waals surface area contributed by atoms with Crippen LogP contribution in [-0.2, 0) is 10.2 Å². The Bertz CT molecular complexity index is 1030. The zero-order valence-electron chi connectivity index (χ0n) is 16.8. The first kappa shape index (κ1) is 20.4. The van der Waals surface area contributed by atoms with Crippen LogP contribution in [0.5, 0.6) is 11.6 Å². The monoisotopic (exact) mass is 395 g/mol. The maximum atomic E-state index is 13.6. The fourth-order valence-corrected chi connectivity index (χ4v) is 2.60. The van der Waals surface area contributed by atoms with Crippen molar-refractivity contribution in [1.82, 2.24) is 15.2 Å². The molecule has 0 atom stereocenters. The minimum atomic E-state index is -0.694. The highest BCUT2D eigenvalue weighted by Crippen LogP contribution is 2.29. The number of esters is 1. The van der Waals surface area contributed by atoms with Crippen LogP contribution in [0.25, 0.3) is 11.4 Å². The van der Waals surface area contributed by atoms with Crippen molar-refractivity contribution in [3.63, 3.8) is 0 Å². The summed E-state index contributed by atoms with van der Waals surface area (Å²) in [7, 11) is 0. The number of nitrogens with zero attached hydrogens (tertiary/aromatic N) is 3. The molecule has 1 heterocycles. The molecule has 0 radical (unpaired) electrons. The van der Waals surface area contributed by atoms with Gasteiger partial charge in [-0.2, -0.15) is 4.98 Å². The Morgan fingerprint density at radius 2 is 1.83 bits per heavy atom. The lowest BCUT2D eigenvalue weighted by molar-refractivity contribution is 0.0514. The number of carbonyl (C=O) groups is 1. The van der Waals surface area contributed by atoms with E-state index in [2.05, 4.69) is 36.0 Å². The van der Waals surface area contributed by atoms with Crippen molar-refractivity contribution in [3.05, 3.63) is 65.6 Å². The lowest BCUT2D eigenvalue weighted by Crippen LogP contribution is -2.13. The van der Waals surface area contributed by atoms with Gasteiger partial charge in [0.25, 0.3) is 5.88 Å². The molecule has 0 spiro atoms. The number of halogens is 1. The van der Waals surface area contributed by atoms with Crippen molar-refractivity contribution >= 4 is 5.97 Å². The third-order valence-electron chi connectivity index (χ3n) is 4.12. The van der Waals surface area contributed by atoms with E-state index < -0.39 is 11.8 Å². The molecule has 0 aliphatic carbocycles. The van der Waals surface area contributed by atoms with Crippen LogP contribution in [0.15, 0.2) is 48.5 Å². The maximum Gasteiger partial charge on any atom is 0.364 e. The van der Waals surface area contributed by atoms with Gasteiger partial charge in [-0.1, -0.05) is 45.0 Å². The zero-order chi connectivity index (χ0) is 21.0. The second-order valence-corrected chi connectivity index (χ2v) is 7.40. The highest BCUT2D eigenvalue weighted by atomic mass is 19.1. The van der Waals surface area contributed by atoms with Crippen LogP contribution < -0.4 is 4.74 Å². The first-order valence-corrected chi connectivity index (χ1v) is 9.24. The molecule has 0 saturated heterocycles. The molecule has 0 fully saturated rings. The standard InChI is InChI=1S/C22H22FN3O3/c1-5-28-21(27)18-20(29-17-11-7-9-15(13-17)22(2,3)4)24-19(26-25-18)14-8-6-10-16(23)12-14/h6-13H,5H2,1-4H3. The first-order valence-electron chi connectivity index (χ1n) is 9.24. The molecule has 1 aromatic heterocycles. The number of benzene rings is 2. The van der Waals surface area contributed by atoms with E-state index in [1.165, 1.54) is 12.1 Å². The van der Waals surface area contributed by atoms with E-state index in [1.807, 2.05) is 18.2 Å². The highest BCUT2D eigenvalue weighted by Gasteiger charge is 2.22. The van der Waals surface area contributed by atoms with E-state index in [9.17, 15) is 9.18 Å². The number of rotatable bonds is 5. The molecule has 7 heteroatoms. The highest BCUT2D eigenvalue weighted by molar-refractivity contribution is 5.89. The Morgan fingerprint density at radius 1 is 1.07 bits per heavy atom. The van der Waals surface area contributed by atoms with E-state index in [1.54, 1.807) is 25.1 Å². The Balaban J connectivity index is 2.04. The molecule has 3 rings (SSSR count). The molecule has 0 bridgehead atoms. The van der Waals surface area contributed by atoms with Gasteiger partial charge in [-0.3, -0.25) is 0 Å². The molecular formula is C22H22FN3O3. The lowest BCUT2D eigenvalue weighted by Gasteiger charge is -2.19. The van der Waals surface area contributed by atoms with Crippen LogP contribution in [-0.4, -0.2) is 27.8 Å². The summed E-state index contributed by atoms with van der Waals surface area (Å²) in [5.74, 6) is -0.543. The summed E-state index contributed by atoms with van der Waals surface area (Å²) < 4.78 is 24.5. The van der Waals surface area contributed by atoms with Gasteiger partial charge in [0.05, 0.1) is 6.61 Å². The van der Waals surface area contributed by atoms with Crippen molar-refractivity contribution in [2.45, 2.75) is 33.1 Å². The average Bonchev–Trinajstić information content (AvgIpc) is 2.67. The topological polar surface area (TPSA) is 74.2 Å². The number of carbonyl (C=O) groups excluding carboxylic acids is 1. The molecule has 3 aromatic rings. The van der Waals surface area contributed by atoms with Gasteiger partial charge in [-0.05, 0) is 42.2 Å². The predicted octanol–water partition coefficient (Wildman–Crippen LogP) is 4.94. The van der Waals surface area contributed by atoms with Crippen molar-refractivity contribution in [3.8, 4) is 23.0 Å². The van der Waals surface area contributed by atoms with Crippen LogP contribution >= 0.6 is 0 Å². The molecule has 0 unspecified atom stereocenters. The molecule has 0 amide bonds. The fraction of sp³-hybridized carbons (Fsp3) is 0.273. The Kier molecular flexibility index (Phi) is 5.87. The smallest absolute Gasteiger partial charge is 0.364 e. The maximum absolute atomic E-state index is 13.6. The van der Waals surface area contributed by atoms with E-state index in [0.29, 0.717) is 11.3 Å². The summed E-state index contributed by atoms with van der Waals surface area (Å²) in [6.45, 7) is 8.12. The number of aromatic nitrogens is 3. The Labute approximate surface area is 168 Å². The molecule has 0 aliphatic rings. The molecule has 150 valence electrons. The third kappa shape index (κ3) is 4.93. The first-order chi connectivity index (χ1) is 13.8. The number of ether oxygens (including phenoxy) is 2. The van der Waals surface area contributed by atoms with E-state index >= 15 is 0 Å². The van der Waals surface area contributed by atoms with Gasteiger partial charge in [0.2, 0.25) is 5.69 Å². The number of hydrogen-bond acceptors (Lipinski definition) is 6. The molecule has 0 saturated carbocycles. The SMILES string of the molecule is CCOC(=O)c1nnc(-c2cccc(F)c2)nc1Oc1cccc(C(C)(C)C)c1. The van der Waals surface area contributed by atoms with Crippen LogP contribution in [0, 0.1) is 5.82 Å². The van der Waals surface area contributed by atoms with Crippen LogP contribution in [0.3, 0.4) is 0 Å². The Morgan fingerprint density at radius 3 is 2.52 bits per heavy atom. The molecule has 2 aromatic carbocycles. The van der Waals surface area contributed by atoms with Crippen LogP contribution in [0.4, 0.5) is 4.39 Å². The summed E-state index contributed by atoms with van der Waals surface area (Å²) in [5, 5.41) is 7.88. The van der Waals surface area contributed by atoms with Gasteiger partial charge in [-0.25, -0.2) is 9.18 Å².